The van der Waals surface area contributed by atoms with E-state index in [4.69, 9.17) is 14.2 Å². The molecular weight excluding hydrogens is 744 g/mol. The largest absolute Gasteiger partial charge is 0.496 e. The lowest BCUT2D eigenvalue weighted by atomic mass is 9.96. The number of likely N-dealkylation sites (tertiary alicyclic amines) is 2. The van der Waals surface area contributed by atoms with Gasteiger partial charge in [-0.25, -0.2) is 4.79 Å². The highest BCUT2D eigenvalue weighted by molar-refractivity contribution is 5.96. The summed E-state index contributed by atoms with van der Waals surface area (Å²) in [5, 5.41) is 2.32. The lowest BCUT2D eigenvalue weighted by Gasteiger charge is -2.37. The number of nitrogens with zero attached hydrogens (tertiary/aromatic N) is 5. The van der Waals surface area contributed by atoms with Crippen LogP contribution < -0.4 is 25.9 Å². The van der Waals surface area contributed by atoms with Crippen molar-refractivity contribution in [3.05, 3.63) is 92.8 Å². The molecule has 14 heteroatoms. The Bertz CT molecular complexity index is 1950. The molecule has 0 bridgehead atoms. The average Bonchev–Trinajstić information content (AvgIpc) is 3.23. The number of nitrogens with one attached hydrogen (secondary N) is 1. The molecule has 320 valence electrons. The van der Waals surface area contributed by atoms with Crippen LogP contribution in [0.5, 0.6) is 11.5 Å². The summed E-state index contributed by atoms with van der Waals surface area (Å²) in [5.41, 5.74) is 5.31. The fourth-order valence-corrected chi connectivity index (χ4v) is 8.14. The van der Waals surface area contributed by atoms with Crippen molar-refractivity contribution in [1.82, 2.24) is 29.2 Å². The van der Waals surface area contributed by atoms with Crippen LogP contribution in [0.15, 0.2) is 59.4 Å². The van der Waals surface area contributed by atoms with Crippen molar-refractivity contribution in [2.24, 2.45) is 0 Å². The van der Waals surface area contributed by atoms with Crippen LogP contribution in [0.25, 0.3) is 11.1 Å². The molecular formula is C44H65FN6O7. The highest BCUT2D eigenvalue weighted by atomic mass is 19.0. The number of rotatable bonds is 15. The van der Waals surface area contributed by atoms with Gasteiger partial charge < -0.3 is 38.0 Å². The highest BCUT2D eigenvalue weighted by Gasteiger charge is 2.27. The molecule has 1 aromatic carbocycles. The van der Waals surface area contributed by atoms with E-state index in [9.17, 15) is 19.2 Å². The predicted octanol–water partition coefficient (Wildman–Crippen LogP) is 5.55. The van der Waals surface area contributed by atoms with Crippen LogP contribution in [0, 0.1) is 13.8 Å². The molecule has 3 saturated heterocycles. The van der Waals surface area contributed by atoms with Crippen molar-refractivity contribution in [2.75, 3.05) is 60.0 Å². The first kappa shape index (κ1) is 45.9. The van der Waals surface area contributed by atoms with Crippen molar-refractivity contribution in [2.45, 2.75) is 97.6 Å². The number of imide groups is 1. The lowest BCUT2D eigenvalue weighted by molar-refractivity contribution is -0.121. The zero-order valence-electron chi connectivity index (χ0n) is 35.1. The van der Waals surface area contributed by atoms with Crippen LogP contribution in [-0.4, -0.2) is 108 Å². The normalized spacial score (nSPS) is 16.9. The molecule has 0 saturated carbocycles. The van der Waals surface area contributed by atoms with E-state index in [0.29, 0.717) is 25.2 Å². The number of piperidine rings is 2. The topological polar surface area (TPSA) is 128 Å². The molecule has 0 aliphatic carbocycles. The molecule has 3 fully saturated rings. The van der Waals surface area contributed by atoms with Crippen molar-refractivity contribution >= 4 is 11.9 Å². The van der Waals surface area contributed by atoms with Gasteiger partial charge in [-0.1, -0.05) is 13.0 Å². The van der Waals surface area contributed by atoms with Crippen LogP contribution in [0.1, 0.15) is 69.1 Å². The molecule has 3 aromatic rings. The minimum atomic E-state index is -0.446. The first-order valence-electron chi connectivity index (χ1n) is 20.4. The Morgan fingerprint density at radius 1 is 0.793 bits per heavy atom. The molecule has 0 radical (unpaired) electrons. The predicted molar refractivity (Wildman–Crippen MR) is 228 cm³/mol. The van der Waals surface area contributed by atoms with Gasteiger partial charge in [0.15, 0.2) is 0 Å². The summed E-state index contributed by atoms with van der Waals surface area (Å²) in [6, 6.07) is 7.31. The Hall–Kier alpha value is -4.79. The Labute approximate surface area is 343 Å². The van der Waals surface area contributed by atoms with E-state index in [0.717, 1.165) is 117 Å². The number of urea groups is 1. The minimum Gasteiger partial charge on any atom is -0.496 e. The van der Waals surface area contributed by atoms with Gasteiger partial charge in [-0.2, -0.15) is 0 Å². The number of carbonyl (C=O) groups is 2. The number of pyridine rings is 2. The zero-order chi connectivity index (χ0) is 41.1. The van der Waals surface area contributed by atoms with Crippen molar-refractivity contribution in [3.63, 3.8) is 0 Å². The number of ether oxygens (including phenoxy) is 3. The minimum absolute atomic E-state index is 0. The Kier molecular flexibility index (Phi) is 17.3. The second kappa shape index (κ2) is 21.8. The second-order valence-electron chi connectivity index (χ2n) is 15.2. The van der Waals surface area contributed by atoms with E-state index >= 15 is 0 Å². The number of aryl methyl sites for hydroxylation is 1. The third-order valence-corrected chi connectivity index (χ3v) is 11.6. The average molecular weight is 809 g/mol. The van der Waals surface area contributed by atoms with E-state index in [2.05, 4.69) is 47.3 Å². The van der Waals surface area contributed by atoms with E-state index in [-0.39, 0.29) is 48.3 Å². The maximum absolute atomic E-state index is 13.1. The molecule has 58 heavy (non-hydrogen) atoms. The van der Waals surface area contributed by atoms with Gasteiger partial charge in [-0.05, 0) is 81.7 Å². The smallest absolute Gasteiger partial charge is 0.324 e. The Morgan fingerprint density at radius 2 is 1.40 bits per heavy atom. The number of aromatic nitrogens is 2. The molecule has 0 atom stereocenters. The van der Waals surface area contributed by atoms with Gasteiger partial charge in [0.1, 0.15) is 11.5 Å². The summed E-state index contributed by atoms with van der Waals surface area (Å²) < 4.78 is 22.0. The standard InChI is InChI=1S/C42H58N6O7.C2H4.FH.H2/c1-6-15-47-28-36(29(2)30(3)40(47)50)32-25-37(53-4)35(38(26-32)54-5)13-21-44-17-9-33(10-18-44)55-34-11-19-45(20-12-34)23-24-46-16-7-8-31(41(46)51)27-48-22-14-39(49)43-42(48)52;1-2;;/h7-8,16,25-26,28,33-34H,6,9-15,17-24,27H2,1-5H3,(H,43,49,52);1-2H2;2*1H. The van der Waals surface area contributed by atoms with Crippen molar-refractivity contribution < 1.29 is 29.9 Å². The SMILES string of the molecule is C=C.CCCn1cc(-c2cc(OC)c(CCN3CCC(OC4CCN(CCn5cccc(CN6CCC(=O)NC6=O)c5=O)CC4)CC3)c(OC)c2)c(C)c(C)c1=O.F.[HH]. The number of hydrogen-bond acceptors (Lipinski definition) is 9. The number of methoxy groups -OCH3 is 2. The Balaban J connectivity index is 0.00000229. The molecule has 1 N–H and O–H groups in total. The number of amides is 3. The van der Waals surface area contributed by atoms with Gasteiger partial charge in [-0.15, -0.1) is 13.2 Å². The van der Waals surface area contributed by atoms with E-state index in [1.54, 1.807) is 31.0 Å². The summed E-state index contributed by atoms with van der Waals surface area (Å²) in [6.45, 7) is 19.3. The van der Waals surface area contributed by atoms with Crippen LogP contribution in [0.2, 0.25) is 0 Å². The summed E-state index contributed by atoms with van der Waals surface area (Å²) >= 11 is 0. The summed E-state index contributed by atoms with van der Waals surface area (Å²) in [5.74, 6) is 1.32. The maximum Gasteiger partial charge on any atom is 0.324 e. The van der Waals surface area contributed by atoms with Gasteiger partial charge in [0.25, 0.3) is 11.1 Å². The van der Waals surface area contributed by atoms with Gasteiger partial charge in [0, 0.05) is 101 Å². The lowest BCUT2D eigenvalue weighted by Crippen LogP contribution is -2.49. The van der Waals surface area contributed by atoms with Crippen LogP contribution in [0.3, 0.4) is 0 Å². The summed E-state index contributed by atoms with van der Waals surface area (Å²) in [4.78, 5) is 56.0. The molecule has 3 aliphatic heterocycles. The number of carbonyl (C=O) groups excluding carboxylic acids is 2. The summed E-state index contributed by atoms with van der Waals surface area (Å²) in [7, 11) is 3.41. The first-order valence-corrected chi connectivity index (χ1v) is 20.4. The Morgan fingerprint density at radius 3 is 1.97 bits per heavy atom. The maximum atomic E-state index is 13.1. The third-order valence-electron chi connectivity index (χ3n) is 11.6. The van der Waals surface area contributed by atoms with E-state index < -0.39 is 6.03 Å². The monoisotopic (exact) mass is 808 g/mol. The molecule has 5 heterocycles. The number of hydrogen-bond donors (Lipinski definition) is 1. The van der Waals surface area contributed by atoms with Gasteiger partial charge in [0.2, 0.25) is 5.91 Å². The van der Waals surface area contributed by atoms with Gasteiger partial charge >= 0.3 is 6.03 Å². The molecule has 3 aliphatic rings. The number of benzene rings is 1. The van der Waals surface area contributed by atoms with E-state index in [1.165, 1.54) is 4.90 Å². The van der Waals surface area contributed by atoms with Crippen LogP contribution in [0.4, 0.5) is 9.50 Å². The molecule has 0 unspecified atom stereocenters. The summed E-state index contributed by atoms with van der Waals surface area (Å²) in [6.07, 6.45) is 10.2. The van der Waals surface area contributed by atoms with Gasteiger partial charge in [-0.3, -0.25) is 24.4 Å². The van der Waals surface area contributed by atoms with Crippen molar-refractivity contribution in [3.8, 4) is 22.6 Å². The molecule has 6 rings (SSSR count). The first-order chi connectivity index (χ1) is 27.6. The third kappa shape index (κ3) is 11.2. The van der Waals surface area contributed by atoms with Crippen LogP contribution >= 0.6 is 0 Å². The van der Waals surface area contributed by atoms with Crippen LogP contribution in [-0.2, 0) is 35.6 Å². The molecule has 3 amide bonds. The zero-order valence-corrected chi connectivity index (χ0v) is 35.1. The molecule has 0 spiro atoms. The molecule has 13 nitrogen and oxygen atoms in total. The van der Waals surface area contributed by atoms with Crippen molar-refractivity contribution in [1.29, 1.82) is 0 Å². The van der Waals surface area contributed by atoms with E-state index in [1.807, 2.05) is 30.7 Å². The highest BCUT2D eigenvalue weighted by Crippen LogP contribution is 2.37. The van der Waals surface area contributed by atoms with Gasteiger partial charge in [0.05, 0.1) is 33.0 Å². The second-order valence-corrected chi connectivity index (χ2v) is 15.2. The molecule has 2 aromatic heterocycles. The number of halogens is 1. The fourth-order valence-electron chi connectivity index (χ4n) is 8.14. The quantitative estimate of drug-likeness (QED) is 0.197. The fraction of sp³-hybridized carbons (Fsp3) is 0.545.